The van der Waals surface area contributed by atoms with E-state index in [2.05, 4.69) is 0 Å². The van der Waals surface area contributed by atoms with Crippen molar-refractivity contribution in [3.05, 3.63) is 75.6 Å². The minimum atomic E-state index is -0.712. The van der Waals surface area contributed by atoms with Gasteiger partial charge in [0, 0.05) is 23.3 Å². The van der Waals surface area contributed by atoms with Gasteiger partial charge in [0.1, 0.15) is 5.82 Å². The number of hydrogen-bond acceptors (Lipinski definition) is 5. The molecule has 0 unspecified atom stereocenters. The van der Waals surface area contributed by atoms with Crippen LogP contribution < -0.4 is 0 Å². The Kier molecular flexibility index (Phi) is 5.73. The molecule has 1 heterocycles. The number of fused-ring (bicyclic) bond motifs is 1. The number of rotatable bonds is 5. The van der Waals surface area contributed by atoms with Crippen molar-refractivity contribution in [3.63, 3.8) is 0 Å². The number of nitro benzene ring substituents is 1. The predicted octanol–water partition coefficient (Wildman–Crippen LogP) is 3.71. The molecule has 2 aliphatic rings. The van der Waals surface area contributed by atoms with Gasteiger partial charge >= 0.3 is 0 Å². The Bertz CT molecular complexity index is 1090. The fraction of sp³-hybridized carbons (Fsp3) is 0.348. The number of nitro groups is 1. The molecule has 1 saturated carbocycles. The fourth-order valence-electron chi connectivity index (χ4n) is 4.51. The van der Waals surface area contributed by atoms with Gasteiger partial charge in [-0.25, -0.2) is 9.40 Å². The molecule has 9 heteroatoms. The molecule has 0 N–H and O–H groups in total. The van der Waals surface area contributed by atoms with Crippen molar-refractivity contribution in [2.75, 3.05) is 0 Å². The van der Waals surface area contributed by atoms with Gasteiger partial charge in [0.2, 0.25) is 0 Å². The summed E-state index contributed by atoms with van der Waals surface area (Å²) in [7, 11) is 0. The van der Waals surface area contributed by atoms with Crippen LogP contribution in [0, 0.1) is 33.7 Å². The first-order chi connectivity index (χ1) is 15.3. The summed E-state index contributed by atoms with van der Waals surface area (Å²) in [6, 6.07) is 10.7. The number of nitrogens with zero attached hydrogens (tertiary/aromatic N) is 3. The van der Waals surface area contributed by atoms with Crippen LogP contribution >= 0.6 is 0 Å². The molecule has 0 radical (unpaired) electrons. The molecule has 1 aliphatic carbocycles. The molecule has 0 bridgehead atoms. The Morgan fingerprint density at radius 3 is 2.41 bits per heavy atom. The summed E-state index contributed by atoms with van der Waals surface area (Å²) < 4.78 is 14.4. The lowest BCUT2D eigenvalue weighted by molar-refractivity contribution is -0.384. The molecule has 4 rings (SSSR count). The average molecular weight is 439 g/mol. The Morgan fingerprint density at radius 2 is 1.75 bits per heavy atom. The molecule has 8 nitrogen and oxygen atoms in total. The molecule has 32 heavy (non-hydrogen) atoms. The zero-order valence-corrected chi connectivity index (χ0v) is 17.4. The molecule has 3 amide bonds. The maximum Gasteiger partial charge on any atom is 0.273 e. The van der Waals surface area contributed by atoms with Crippen molar-refractivity contribution in [1.29, 1.82) is 0 Å². The van der Waals surface area contributed by atoms with Crippen LogP contribution in [0.2, 0.25) is 0 Å². The molecular formula is C23H22FN3O5. The van der Waals surface area contributed by atoms with Crippen molar-refractivity contribution in [3.8, 4) is 0 Å². The van der Waals surface area contributed by atoms with Gasteiger partial charge in [-0.05, 0) is 43.4 Å². The monoisotopic (exact) mass is 439 g/mol. The molecule has 1 aliphatic heterocycles. The van der Waals surface area contributed by atoms with Gasteiger partial charge in [-0.2, -0.15) is 5.01 Å². The van der Waals surface area contributed by atoms with Crippen LogP contribution in [-0.2, 0) is 16.1 Å². The van der Waals surface area contributed by atoms with Crippen LogP contribution in [-0.4, -0.2) is 32.7 Å². The lowest BCUT2D eigenvalue weighted by Crippen LogP contribution is -2.50. The van der Waals surface area contributed by atoms with Crippen LogP contribution in [0.3, 0.4) is 0 Å². The summed E-state index contributed by atoms with van der Waals surface area (Å²) in [5, 5.41) is 12.8. The lowest BCUT2D eigenvalue weighted by atomic mass is 9.76. The number of imide groups is 1. The molecule has 3 atom stereocenters. The van der Waals surface area contributed by atoms with E-state index in [0.717, 1.165) is 16.4 Å². The predicted molar refractivity (Wildman–Crippen MR) is 111 cm³/mol. The summed E-state index contributed by atoms with van der Waals surface area (Å²) in [4.78, 5) is 50.1. The third-order valence-electron chi connectivity index (χ3n) is 6.24. The number of carbonyl (C=O) groups is 3. The fourth-order valence-corrected chi connectivity index (χ4v) is 4.51. The quantitative estimate of drug-likeness (QED) is 0.402. The molecule has 2 aromatic carbocycles. The maximum atomic E-state index is 14.4. The van der Waals surface area contributed by atoms with E-state index in [1.807, 2.05) is 6.92 Å². The standard InChI is InChI=1S/C23H22FN3O5/c1-14-6-11-18-19(12-14)23(30)26(22(18)29)25(13-16-4-2-3-5-20(16)24)21(28)15-7-9-17(10-8-15)27(31)32/h2-5,7-10,14,18-19H,6,11-13H2,1H3/t14-,18-,19+/m1/s1. The van der Waals surface area contributed by atoms with Crippen molar-refractivity contribution < 1.29 is 23.7 Å². The van der Waals surface area contributed by atoms with Crippen LogP contribution in [0.25, 0.3) is 0 Å². The van der Waals surface area contributed by atoms with Gasteiger partial charge in [-0.1, -0.05) is 25.1 Å². The summed E-state index contributed by atoms with van der Waals surface area (Å²) in [5.74, 6) is -2.91. The molecule has 2 fully saturated rings. The summed E-state index contributed by atoms with van der Waals surface area (Å²) in [5.41, 5.74) is -0.00193. The van der Waals surface area contributed by atoms with Gasteiger partial charge in [0.15, 0.2) is 0 Å². The van der Waals surface area contributed by atoms with Gasteiger partial charge in [0.05, 0.1) is 23.3 Å². The molecular weight excluding hydrogens is 417 g/mol. The number of benzene rings is 2. The first-order valence-corrected chi connectivity index (χ1v) is 10.5. The SMILES string of the molecule is C[C@@H]1CC[C@H]2C(=O)N(N(Cc3ccccc3F)C(=O)c3ccc([N+](=O)[O-])cc3)C(=O)[C@H]2C1. The zero-order chi connectivity index (χ0) is 23.0. The van der Waals surface area contributed by atoms with Gasteiger partial charge in [0.25, 0.3) is 23.4 Å². The highest BCUT2D eigenvalue weighted by Crippen LogP contribution is 2.41. The van der Waals surface area contributed by atoms with Crippen LogP contribution in [0.15, 0.2) is 48.5 Å². The Hall–Kier alpha value is -3.62. The van der Waals surface area contributed by atoms with E-state index >= 15 is 0 Å². The smallest absolute Gasteiger partial charge is 0.272 e. The van der Waals surface area contributed by atoms with E-state index in [0.29, 0.717) is 18.8 Å². The number of non-ortho nitro benzene ring substituents is 1. The highest BCUT2D eigenvalue weighted by molar-refractivity contribution is 6.07. The third kappa shape index (κ3) is 3.86. The number of hydrogen-bond donors (Lipinski definition) is 0. The Balaban J connectivity index is 1.71. The Labute approximate surface area is 183 Å². The number of amides is 3. The molecule has 2 aromatic rings. The van der Waals surface area contributed by atoms with Gasteiger partial charge in [-0.15, -0.1) is 0 Å². The van der Waals surface area contributed by atoms with E-state index in [9.17, 15) is 28.9 Å². The summed E-state index contributed by atoms with van der Waals surface area (Å²) in [6.45, 7) is 1.70. The van der Waals surface area contributed by atoms with E-state index in [1.54, 1.807) is 6.07 Å². The molecule has 0 aromatic heterocycles. The van der Waals surface area contributed by atoms with E-state index < -0.39 is 40.3 Å². The minimum absolute atomic E-state index is 0.0516. The van der Waals surface area contributed by atoms with Crippen molar-refractivity contribution >= 4 is 23.4 Å². The number of hydrazine groups is 1. The first kappa shape index (κ1) is 21.6. The molecule has 1 saturated heterocycles. The third-order valence-corrected chi connectivity index (χ3v) is 6.24. The lowest BCUT2D eigenvalue weighted by Gasteiger charge is -2.30. The van der Waals surface area contributed by atoms with Gasteiger partial charge < -0.3 is 0 Å². The highest BCUT2D eigenvalue weighted by Gasteiger charge is 2.52. The van der Waals surface area contributed by atoms with Crippen molar-refractivity contribution in [2.45, 2.75) is 32.7 Å². The van der Waals surface area contributed by atoms with Crippen LogP contribution in [0.5, 0.6) is 0 Å². The summed E-state index contributed by atoms with van der Waals surface area (Å²) >= 11 is 0. The largest absolute Gasteiger partial charge is 0.273 e. The molecule has 0 spiro atoms. The summed E-state index contributed by atoms with van der Waals surface area (Å²) in [6.07, 6.45) is 1.94. The maximum absolute atomic E-state index is 14.4. The second-order valence-electron chi connectivity index (χ2n) is 8.38. The van der Waals surface area contributed by atoms with Gasteiger partial charge in [-0.3, -0.25) is 24.5 Å². The average Bonchev–Trinajstić information content (AvgIpc) is 3.02. The Morgan fingerprint density at radius 1 is 1.09 bits per heavy atom. The van der Waals surface area contributed by atoms with E-state index in [1.165, 1.54) is 42.5 Å². The first-order valence-electron chi connectivity index (χ1n) is 10.5. The minimum Gasteiger partial charge on any atom is -0.272 e. The highest BCUT2D eigenvalue weighted by atomic mass is 19.1. The van der Waals surface area contributed by atoms with Crippen molar-refractivity contribution in [1.82, 2.24) is 10.0 Å². The number of halogens is 1. The van der Waals surface area contributed by atoms with Crippen molar-refractivity contribution in [2.24, 2.45) is 17.8 Å². The zero-order valence-electron chi connectivity index (χ0n) is 17.4. The second kappa shape index (κ2) is 8.49. The van der Waals surface area contributed by atoms with E-state index in [-0.39, 0.29) is 23.4 Å². The van der Waals surface area contributed by atoms with Crippen LogP contribution in [0.1, 0.15) is 42.1 Å². The normalized spacial score (nSPS) is 22.6. The van der Waals surface area contributed by atoms with E-state index in [4.69, 9.17) is 0 Å². The number of carbonyl (C=O) groups excluding carboxylic acids is 3. The molecule has 166 valence electrons. The second-order valence-corrected chi connectivity index (χ2v) is 8.38. The topological polar surface area (TPSA) is 101 Å². The van der Waals surface area contributed by atoms with Crippen LogP contribution in [0.4, 0.5) is 10.1 Å².